The fourth-order valence-electron chi connectivity index (χ4n) is 3.24. The molecule has 0 aliphatic heterocycles. The summed E-state index contributed by atoms with van der Waals surface area (Å²) in [7, 11) is 0. The molecule has 1 aliphatic rings. The van der Waals surface area contributed by atoms with Gasteiger partial charge in [0.05, 0.1) is 6.61 Å². The van der Waals surface area contributed by atoms with Crippen LogP contribution in [0.4, 0.5) is 0 Å². The molecule has 1 fully saturated rings. The standard InChI is InChI=1S/C20H25NO/c21-20(12-4-5-13-20)14-15-22-19-10-8-18(9-11-19)16-17-6-2-1-3-7-17/h1-3,6-11H,4-5,12-16,21H2. The van der Waals surface area contributed by atoms with Gasteiger partial charge in [-0.05, 0) is 48.9 Å². The van der Waals surface area contributed by atoms with Crippen LogP contribution in [-0.4, -0.2) is 12.1 Å². The number of rotatable bonds is 6. The van der Waals surface area contributed by atoms with Gasteiger partial charge in [0.25, 0.3) is 0 Å². The van der Waals surface area contributed by atoms with Crippen LogP contribution in [0.5, 0.6) is 5.75 Å². The molecule has 2 aromatic rings. The Morgan fingerprint density at radius 3 is 2.18 bits per heavy atom. The molecule has 0 heterocycles. The quantitative estimate of drug-likeness (QED) is 0.861. The fraction of sp³-hybridized carbons (Fsp3) is 0.400. The second-order valence-electron chi connectivity index (χ2n) is 6.47. The van der Waals surface area contributed by atoms with Gasteiger partial charge in [-0.15, -0.1) is 0 Å². The van der Waals surface area contributed by atoms with E-state index in [4.69, 9.17) is 10.5 Å². The van der Waals surface area contributed by atoms with Crippen molar-refractivity contribution in [2.24, 2.45) is 5.73 Å². The highest BCUT2D eigenvalue weighted by molar-refractivity contribution is 5.31. The maximum Gasteiger partial charge on any atom is 0.119 e. The number of benzene rings is 2. The maximum absolute atomic E-state index is 6.35. The van der Waals surface area contributed by atoms with E-state index in [1.165, 1.54) is 24.0 Å². The van der Waals surface area contributed by atoms with E-state index < -0.39 is 0 Å². The van der Waals surface area contributed by atoms with Crippen molar-refractivity contribution in [2.45, 2.75) is 44.1 Å². The first kappa shape index (κ1) is 15.1. The van der Waals surface area contributed by atoms with Gasteiger partial charge in [0.1, 0.15) is 5.75 Å². The lowest BCUT2D eigenvalue weighted by Gasteiger charge is -2.23. The van der Waals surface area contributed by atoms with Crippen LogP contribution in [0.3, 0.4) is 0 Å². The molecule has 22 heavy (non-hydrogen) atoms. The van der Waals surface area contributed by atoms with E-state index in [-0.39, 0.29) is 5.54 Å². The molecule has 3 rings (SSSR count). The summed E-state index contributed by atoms with van der Waals surface area (Å²) in [5.41, 5.74) is 9.02. The SMILES string of the molecule is NC1(CCOc2ccc(Cc3ccccc3)cc2)CCCC1. The van der Waals surface area contributed by atoms with Crippen molar-refractivity contribution in [1.82, 2.24) is 0 Å². The van der Waals surface area contributed by atoms with Crippen LogP contribution >= 0.6 is 0 Å². The molecule has 0 saturated heterocycles. The Bertz CT molecular complexity index is 570. The monoisotopic (exact) mass is 295 g/mol. The lowest BCUT2D eigenvalue weighted by molar-refractivity contribution is 0.258. The van der Waals surface area contributed by atoms with E-state index >= 15 is 0 Å². The Labute approximate surface area is 133 Å². The highest BCUT2D eigenvalue weighted by atomic mass is 16.5. The Balaban J connectivity index is 1.49. The van der Waals surface area contributed by atoms with Gasteiger partial charge < -0.3 is 10.5 Å². The average molecular weight is 295 g/mol. The van der Waals surface area contributed by atoms with Crippen molar-refractivity contribution in [3.8, 4) is 5.75 Å². The van der Waals surface area contributed by atoms with E-state index in [0.29, 0.717) is 6.61 Å². The Hall–Kier alpha value is -1.80. The Morgan fingerprint density at radius 2 is 1.50 bits per heavy atom. The molecular weight excluding hydrogens is 270 g/mol. The summed E-state index contributed by atoms with van der Waals surface area (Å²) in [5, 5.41) is 0. The normalized spacial score (nSPS) is 16.6. The van der Waals surface area contributed by atoms with Crippen molar-refractivity contribution in [3.05, 3.63) is 65.7 Å². The van der Waals surface area contributed by atoms with E-state index in [0.717, 1.165) is 31.4 Å². The van der Waals surface area contributed by atoms with Crippen molar-refractivity contribution in [3.63, 3.8) is 0 Å². The van der Waals surface area contributed by atoms with Crippen LogP contribution in [0.2, 0.25) is 0 Å². The predicted octanol–water partition coefficient (Wildman–Crippen LogP) is 4.32. The summed E-state index contributed by atoms with van der Waals surface area (Å²) in [6.07, 6.45) is 6.75. The lowest BCUT2D eigenvalue weighted by Crippen LogP contribution is -2.37. The maximum atomic E-state index is 6.35. The topological polar surface area (TPSA) is 35.2 Å². The molecule has 0 aromatic heterocycles. The van der Waals surface area contributed by atoms with Gasteiger partial charge >= 0.3 is 0 Å². The molecule has 0 atom stereocenters. The minimum atomic E-state index is 0.0211. The molecular formula is C20H25NO. The zero-order valence-electron chi connectivity index (χ0n) is 13.1. The highest BCUT2D eigenvalue weighted by Crippen LogP contribution is 2.30. The molecule has 0 amide bonds. The largest absolute Gasteiger partial charge is 0.494 e. The molecule has 2 N–H and O–H groups in total. The van der Waals surface area contributed by atoms with Crippen LogP contribution in [0.15, 0.2) is 54.6 Å². The van der Waals surface area contributed by atoms with E-state index in [1.54, 1.807) is 0 Å². The fourth-order valence-corrected chi connectivity index (χ4v) is 3.24. The van der Waals surface area contributed by atoms with Crippen molar-refractivity contribution in [1.29, 1.82) is 0 Å². The van der Waals surface area contributed by atoms with Gasteiger partial charge in [-0.1, -0.05) is 55.3 Å². The van der Waals surface area contributed by atoms with E-state index in [1.807, 2.05) is 0 Å². The molecule has 2 heteroatoms. The summed E-state index contributed by atoms with van der Waals surface area (Å²) in [5.74, 6) is 0.943. The minimum absolute atomic E-state index is 0.0211. The van der Waals surface area contributed by atoms with Gasteiger partial charge in [-0.25, -0.2) is 0 Å². The summed E-state index contributed by atoms with van der Waals surface area (Å²) >= 11 is 0. The lowest BCUT2D eigenvalue weighted by atomic mass is 9.95. The minimum Gasteiger partial charge on any atom is -0.494 e. The van der Waals surface area contributed by atoms with Gasteiger partial charge in [0.15, 0.2) is 0 Å². The van der Waals surface area contributed by atoms with Crippen molar-refractivity contribution < 1.29 is 4.74 Å². The second-order valence-corrected chi connectivity index (χ2v) is 6.47. The second kappa shape index (κ2) is 6.97. The summed E-state index contributed by atoms with van der Waals surface area (Å²) < 4.78 is 5.86. The highest BCUT2D eigenvalue weighted by Gasteiger charge is 2.28. The van der Waals surface area contributed by atoms with Crippen LogP contribution < -0.4 is 10.5 Å². The Morgan fingerprint density at radius 1 is 0.864 bits per heavy atom. The molecule has 0 radical (unpaired) electrons. The van der Waals surface area contributed by atoms with Crippen molar-refractivity contribution >= 4 is 0 Å². The van der Waals surface area contributed by atoms with Gasteiger partial charge in [-0.2, -0.15) is 0 Å². The van der Waals surface area contributed by atoms with E-state index in [9.17, 15) is 0 Å². The van der Waals surface area contributed by atoms with Crippen LogP contribution in [0.25, 0.3) is 0 Å². The molecule has 1 saturated carbocycles. The molecule has 0 spiro atoms. The molecule has 2 aromatic carbocycles. The summed E-state index contributed by atoms with van der Waals surface area (Å²) in [6.45, 7) is 0.717. The summed E-state index contributed by atoms with van der Waals surface area (Å²) in [6, 6.07) is 19.0. The molecule has 1 aliphatic carbocycles. The van der Waals surface area contributed by atoms with Crippen LogP contribution in [-0.2, 0) is 6.42 Å². The number of nitrogens with two attached hydrogens (primary N) is 1. The molecule has 2 nitrogen and oxygen atoms in total. The Kier molecular flexibility index (Phi) is 4.79. The molecule has 0 unspecified atom stereocenters. The first-order chi connectivity index (χ1) is 10.7. The number of hydrogen-bond donors (Lipinski definition) is 1. The average Bonchev–Trinajstić information content (AvgIpc) is 2.97. The van der Waals surface area contributed by atoms with Gasteiger partial charge in [0.2, 0.25) is 0 Å². The smallest absolute Gasteiger partial charge is 0.119 e. The van der Waals surface area contributed by atoms with E-state index in [2.05, 4.69) is 54.6 Å². The van der Waals surface area contributed by atoms with Crippen LogP contribution in [0, 0.1) is 0 Å². The first-order valence-electron chi connectivity index (χ1n) is 8.28. The zero-order chi connectivity index (χ0) is 15.3. The number of ether oxygens (including phenoxy) is 1. The zero-order valence-corrected chi connectivity index (χ0v) is 13.1. The third kappa shape index (κ3) is 4.11. The molecule has 116 valence electrons. The summed E-state index contributed by atoms with van der Waals surface area (Å²) in [4.78, 5) is 0. The van der Waals surface area contributed by atoms with Gasteiger partial charge in [0, 0.05) is 5.54 Å². The number of hydrogen-bond acceptors (Lipinski definition) is 2. The van der Waals surface area contributed by atoms with Gasteiger partial charge in [-0.3, -0.25) is 0 Å². The third-order valence-electron chi connectivity index (χ3n) is 4.64. The van der Waals surface area contributed by atoms with Crippen molar-refractivity contribution in [2.75, 3.05) is 6.61 Å². The third-order valence-corrected chi connectivity index (χ3v) is 4.64. The predicted molar refractivity (Wildman–Crippen MR) is 91.2 cm³/mol. The molecule has 0 bridgehead atoms. The van der Waals surface area contributed by atoms with Crippen LogP contribution in [0.1, 0.15) is 43.2 Å². The first-order valence-corrected chi connectivity index (χ1v) is 8.28.